The molecule has 4 aromatic carbocycles. The molecule has 0 spiro atoms. The summed E-state index contributed by atoms with van der Waals surface area (Å²) in [4.78, 5) is 17.3. The van der Waals surface area contributed by atoms with Crippen molar-refractivity contribution in [3.8, 4) is 11.5 Å². The van der Waals surface area contributed by atoms with E-state index in [1.54, 1.807) is 12.1 Å². The van der Waals surface area contributed by atoms with Crippen LogP contribution in [0.4, 0.5) is 22.4 Å². The first-order valence-corrected chi connectivity index (χ1v) is 18.1. The van der Waals surface area contributed by atoms with Gasteiger partial charge in [-0.1, -0.05) is 68.4 Å². The van der Waals surface area contributed by atoms with E-state index in [9.17, 15) is 22.4 Å². The molecule has 0 aromatic heterocycles. The molecule has 5 rings (SSSR count). The Bertz CT molecular complexity index is 1630. The molecule has 286 valence electrons. The Hall–Kier alpha value is -4.61. The number of nitrogens with zero attached hydrogens (tertiary/aromatic N) is 2. The summed E-state index contributed by atoms with van der Waals surface area (Å²) in [6.07, 6.45) is -1.93. The van der Waals surface area contributed by atoms with Crippen molar-refractivity contribution in [3.05, 3.63) is 131 Å². The molecule has 0 bridgehead atoms. The fraction of sp³-hybridized carbons (Fsp3) is 0.405. The predicted molar refractivity (Wildman–Crippen MR) is 201 cm³/mol. The first-order valence-electron chi connectivity index (χ1n) is 18.1. The summed E-state index contributed by atoms with van der Waals surface area (Å²) in [6, 6.07) is 28.8. The van der Waals surface area contributed by atoms with Crippen LogP contribution in [0.5, 0.6) is 11.5 Å². The molecule has 7 nitrogen and oxygen atoms in total. The predicted octanol–water partition coefficient (Wildman–Crippen LogP) is 9.10. The number of urea groups is 1. The molecular weight excluding hydrogens is 684 g/mol. The van der Waals surface area contributed by atoms with E-state index in [4.69, 9.17) is 9.47 Å². The second-order valence-electron chi connectivity index (χ2n) is 13.7. The zero-order valence-electron chi connectivity index (χ0n) is 31.0. The van der Waals surface area contributed by atoms with Crippen LogP contribution in [0.1, 0.15) is 61.5 Å². The fourth-order valence-electron chi connectivity index (χ4n) is 5.83. The Morgan fingerprint density at radius 2 is 1.47 bits per heavy atom. The number of piperidine rings is 1. The fourth-order valence-corrected chi connectivity index (χ4v) is 5.83. The van der Waals surface area contributed by atoms with E-state index >= 15 is 0 Å². The highest BCUT2D eigenvalue weighted by Crippen LogP contribution is 2.32. The number of likely N-dealkylation sites (tertiary alicyclic amines) is 1. The summed E-state index contributed by atoms with van der Waals surface area (Å²) in [5, 5.41) is 6.12. The average molecular weight is 737 g/mol. The van der Waals surface area contributed by atoms with Crippen molar-refractivity contribution >= 4 is 6.03 Å². The zero-order valence-corrected chi connectivity index (χ0v) is 31.0. The van der Waals surface area contributed by atoms with Gasteiger partial charge in [0.15, 0.2) is 0 Å². The molecule has 1 fully saturated rings. The summed E-state index contributed by atoms with van der Waals surface area (Å²) in [7, 11) is 3.95. The van der Waals surface area contributed by atoms with Gasteiger partial charge in [0.25, 0.3) is 0 Å². The molecule has 1 heterocycles. The molecule has 0 saturated carbocycles. The normalized spacial score (nSPS) is 14.2. The van der Waals surface area contributed by atoms with Gasteiger partial charge in [-0.15, -0.1) is 0 Å². The molecule has 2 N–H and O–H groups in total. The van der Waals surface area contributed by atoms with Crippen LogP contribution in [0.25, 0.3) is 0 Å². The lowest BCUT2D eigenvalue weighted by Crippen LogP contribution is -2.49. The van der Waals surface area contributed by atoms with Crippen LogP contribution in [-0.2, 0) is 19.3 Å². The monoisotopic (exact) mass is 736 g/mol. The van der Waals surface area contributed by atoms with E-state index in [1.165, 1.54) is 24.3 Å². The van der Waals surface area contributed by atoms with Gasteiger partial charge >= 0.3 is 12.2 Å². The van der Waals surface area contributed by atoms with Crippen molar-refractivity contribution in [1.82, 2.24) is 20.4 Å². The lowest BCUT2D eigenvalue weighted by molar-refractivity contribution is -0.137. The van der Waals surface area contributed by atoms with E-state index in [1.807, 2.05) is 66.5 Å². The Labute approximate surface area is 311 Å². The second-order valence-corrected chi connectivity index (χ2v) is 13.7. The molecule has 2 amide bonds. The van der Waals surface area contributed by atoms with Gasteiger partial charge in [-0.25, -0.2) is 9.18 Å². The summed E-state index contributed by atoms with van der Waals surface area (Å²) in [6.45, 7) is 8.53. The van der Waals surface area contributed by atoms with Crippen LogP contribution in [0.2, 0.25) is 0 Å². The molecule has 1 atom stereocenters. The molecule has 1 unspecified atom stereocenters. The number of rotatable bonds is 14. The SMILES string of the molecule is CC(C)COc1ccc(CNC(=O)N(Cc2ccc(F)cc2)C2CCN(C)CC2)cc1.CNCCC(Oc1ccc(C(F)(F)F)cc1)c1ccccc1. The van der Waals surface area contributed by atoms with E-state index in [-0.39, 0.29) is 24.0 Å². The van der Waals surface area contributed by atoms with Gasteiger partial charge in [-0.3, -0.25) is 0 Å². The third-order valence-corrected chi connectivity index (χ3v) is 8.89. The third kappa shape index (κ3) is 14.0. The molecule has 11 heteroatoms. The highest BCUT2D eigenvalue weighted by atomic mass is 19.4. The van der Waals surface area contributed by atoms with Crippen molar-refractivity contribution < 1.29 is 31.8 Å². The van der Waals surface area contributed by atoms with Gasteiger partial charge in [-0.2, -0.15) is 13.2 Å². The quantitative estimate of drug-likeness (QED) is 0.127. The van der Waals surface area contributed by atoms with Crippen molar-refractivity contribution in [2.24, 2.45) is 5.92 Å². The topological polar surface area (TPSA) is 66.1 Å². The summed E-state index contributed by atoms with van der Waals surface area (Å²) in [5.74, 6) is 1.48. The maximum Gasteiger partial charge on any atom is 0.416 e. The Morgan fingerprint density at radius 3 is 2.06 bits per heavy atom. The minimum absolute atomic E-state index is 0.0842. The number of hydrogen-bond acceptors (Lipinski definition) is 5. The molecule has 1 aliphatic rings. The summed E-state index contributed by atoms with van der Waals surface area (Å²) in [5.41, 5.74) is 2.28. The van der Waals surface area contributed by atoms with Crippen molar-refractivity contribution in [3.63, 3.8) is 0 Å². The average Bonchev–Trinajstić information content (AvgIpc) is 3.15. The Kier molecular flexibility index (Phi) is 16.0. The lowest BCUT2D eigenvalue weighted by atomic mass is 10.0. The standard InChI is InChI=1S/C25H34FN3O2.C17H18F3NO/c1-19(2)18-31-24-10-6-20(7-11-24)16-27-25(30)29(23-12-14-28(3)15-13-23)17-21-4-8-22(26)9-5-21;1-21-12-11-16(13-5-3-2-4-6-13)22-15-9-7-14(8-10-15)17(18,19)20/h4-11,19,23H,12-18H2,1-3H3,(H,27,30);2-10,16,21H,11-12H2,1H3. The number of nitrogens with one attached hydrogen (secondary N) is 2. The number of alkyl halides is 3. The largest absolute Gasteiger partial charge is 0.493 e. The number of carbonyl (C=O) groups excluding carboxylic acids is 1. The van der Waals surface area contributed by atoms with Crippen molar-refractivity contribution in [2.45, 2.75) is 64.5 Å². The van der Waals surface area contributed by atoms with Gasteiger partial charge in [0, 0.05) is 25.6 Å². The van der Waals surface area contributed by atoms with Crippen LogP contribution in [0.15, 0.2) is 103 Å². The molecule has 0 aliphatic carbocycles. The number of carbonyl (C=O) groups is 1. The van der Waals surface area contributed by atoms with Gasteiger partial charge in [0.1, 0.15) is 23.4 Å². The Balaban J connectivity index is 0.000000251. The Morgan fingerprint density at radius 1 is 0.868 bits per heavy atom. The molecular formula is C42H52F4N4O3. The van der Waals surface area contributed by atoms with Crippen LogP contribution in [0, 0.1) is 11.7 Å². The maximum atomic E-state index is 13.3. The minimum atomic E-state index is -4.33. The highest BCUT2D eigenvalue weighted by molar-refractivity contribution is 5.74. The number of amides is 2. The number of hydrogen-bond donors (Lipinski definition) is 2. The van der Waals surface area contributed by atoms with E-state index in [0.29, 0.717) is 31.4 Å². The van der Waals surface area contributed by atoms with E-state index < -0.39 is 11.7 Å². The van der Waals surface area contributed by atoms with Gasteiger partial charge in [-0.05, 0) is 118 Å². The first-order chi connectivity index (χ1) is 25.4. The van der Waals surface area contributed by atoms with Crippen molar-refractivity contribution in [2.75, 3.05) is 40.3 Å². The number of ether oxygens (including phenoxy) is 2. The highest BCUT2D eigenvalue weighted by Gasteiger charge is 2.30. The summed E-state index contributed by atoms with van der Waals surface area (Å²) < 4.78 is 62.6. The molecule has 0 radical (unpaired) electrons. The molecule has 4 aromatic rings. The van der Waals surface area contributed by atoms with Gasteiger partial charge < -0.3 is 29.9 Å². The van der Waals surface area contributed by atoms with Crippen LogP contribution < -0.4 is 20.1 Å². The maximum absolute atomic E-state index is 13.3. The van der Waals surface area contributed by atoms with E-state index in [0.717, 1.165) is 73.5 Å². The lowest BCUT2D eigenvalue weighted by Gasteiger charge is -2.37. The van der Waals surface area contributed by atoms with Crippen LogP contribution >= 0.6 is 0 Å². The minimum Gasteiger partial charge on any atom is -0.493 e. The van der Waals surface area contributed by atoms with Gasteiger partial charge in [0.05, 0.1) is 12.2 Å². The molecule has 1 aliphatic heterocycles. The van der Waals surface area contributed by atoms with Crippen molar-refractivity contribution in [1.29, 1.82) is 0 Å². The number of halogens is 4. The smallest absolute Gasteiger partial charge is 0.416 e. The van der Waals surface area contributed by atoms with E-state index in [2.05, 4.69) is 36.4 Å². The zero-order chi connectivity index (χ0) is 38.2. The third-order valence-electron chi connectivity index (χ3n) is 8.89. The molecule has 53 heavy (non-hydrogen) atoms. The summed E-state index contributed by atoms with van der Waals surface area (Å²) >= 11 is 0. The van der Waals surface area contributed by atoms with Crippen LogP contribution in [-0.4, -0.2) is 62.2 Å². The first kappa shape index (κ1) is 41.2. The molecule has 1 saturated heterocycles. The number of benzene rings is 4. The second kappa shape index (κ2) is 20.6. The van der Waals surface area contributed by atoms with Gasteiger partial charge in [0.2, 0.25) is 0 Å². The van der Waals surface area contributed by atoms with Crippen LogP contribution in [0.3, 0.4) is 0 Å².